The monoisotopic (exact) mass is 438 g/mol. The van der Waals surface area contributed by atoms with Crippen molar-refractivity contribution in [3.8, 4) is 5.75 Å². The number of amides is 1. The Kier molecular flexibility index (Phi) is 7.31. The zero-order valence-corrected chi connectivity index (χ0v) is 18.4. The maximum absolute atomic E-state index is 12.8. The summed E-state index contributed by atoms with van der Waals surface area (Å²) in [6.45, 7) is 2.29. The number of hydrogen-bond donors (Lipinski definition) is 2. The number of carbonyl (C=O) groups is 1. The van der Waals surface area contributed by atoms with E-state index in [0.717, 1.165) is 29.7 Å². The first-order valence-electron chi connectivity index (χ1n) is 9.99. The minimum atomic E-state index is -3.80. The lowest BCUT2D eigenvalue weighted by molar-refractivity contribution is 0.0953. The van der Waals surface area contributed by atoms with Gasteiger partial charge in [0, 0.05) is 12.1 Å². The van der Waals surface area contributed by atoms with Gasteiger partial charge in [0.15, 0.2) is 0 Å². The standard InChI is InChI=1S/C24H26N2O4S/c1-18-9-3-5-14-22(18)26-31(28,29)21-13-7-11-20(17-21)24(27)25-16-8-12-19-10-4-6-15-23(19)30-2/h3-7,9-11,13-15,17,26H,8,12,16H2,1-2H3,(H,25,27). The van der Waals surface area contributed by atoms with Crippen LogP contribution in [-0.2, 0) is 16.4 Å². The Bertz CT molecular complexity index is 1160. The van der Waals surface area contributed by atoms with Gasteiger partial charge in [0.05, 0.1) is 17.7 Å². The fourth-order valence-corrected chi connectivity index (χ4v) is 4.36. The van der Waals surface area contributed by atoms with Crippen LogP contribution in [0.25, 0.3) is 0 Å². The minimum absolute atomic E-state index is 0.0393. The highest BCUT2D eigenvalue weighted by atomic mass is 32.2. The molecule has 3 aromatic rings. The van der Waals surface area contributed by atoms with Crippen molar-refractivity contribution in [3.63, 3.8) is 0 Å². The molecule has 2 N–H and O–H groups in total. The molecule has 0 aromatic heterocycles. The Hall–Kier alpha value is -3.32. The molecule has 0 aliphatic carbocycles. The Balaban J connectivity index is 1.61. The van der Waals surface area contributed by atoms with E-state index in [0.29, 0.717) is 17.8 Å². The number of sulfonamides is 1. The zero-order valence-electron chi connectivity index (χ0n) is 17.6. The molecule has 3 aromatic carbocycles. The molecule has 0 atom stereocenters. The molecule has 0 fully saturated rings. The van der Waals surface area contributed by atoms with Crippen LogP contribution in [0.3, 0.4) is 0 Å². The lowest BCUT2D eigenvalue weighted by atomic mass is 10.1. The lowest BCUT2D eigenvalue weighted by Gasteiger charge is -2.12. The zero-order chi connectivity index (χ0) is 22.3. The molecule has 1 amide bonds. The summed E-state index contributed by atoms with van der Waals surface area (Å²) in [5.74, 6) is 0.515. The topological polar surface area (TPSA) is 84.5 Å². The van der Waals surface area contributed by atoms with E-state index < -0.39 is 10.0 Å². The lowest BCUT2D eigenvalue weighted by Crippen LogP contribution is -2.25. The smallest absolute Gasteiger partial charge is 0.261 e. The van der Waals surface area contributed by atoms with Crippen LogP contribution in [0, 0.1) is 6.92 Å². The summed E-state index contributed by atoms with van der Waals surface area (Å²) in [7, 11) is -2.17. The second kappa shape index (κ2) is 10.1. The summed E-state index contributed by atoms with van der Waals surface area (Å²) < 4.78 is 33.4. The van der Waals surface area contributed by atoms with Gasteiger partial charge in [-0.3, -0.25) is 9.52 Å². The number of aryl methyl sites for hydroxylation is 2. The third kappa shape index (κ3) is 5.86. The van der Waals surface area contributed by atoms with Gasteiger partial charge in [0.25, 0.3) is 15.9 Å². The number of hydrogen-bond acceptors (Lipinski definition) is 4. The molecule has 0 aliphatic heterocycles. The predicted molar refractivity (Wildman–Crippen MR) is 122 cm³/mol. The van der Waals surface area contributed by atoms with Crippen molar-refractivity contribution < 1.29 is 17.9 Å². The van der Waals surface area contributed by atoms with Crippen molar-refractivity contribution in [1.82, 2.24) is 5.32 Å². The average Bonchev–Trinajstić information content (AvgIpc) is 2.78. The van der Waals surface area contributed by atoms with Gasteiger partial charge in [-0.1, -0.05) is 42.5 Å². The predicted octanol–water partition coefficient (Wildman–Crippen LogP) is 4.17. The van der Waals surface area contributed by atoms with Gasteiger partial charge in [-0.2, -0.15) is 0 Å². The maximum Gasteiger partial charge on any atom is 0.261 e. The molecule has 0 saturated carbocycles. The normalized spacial score (nSPS) is 11.0. The van der Waals surface area contributed by atoms with Crippen LogP contribution >= 0.6 is 0 Å². The van der Waals surface area contributed by atoms with E-state index in [1.807, 2.05) is 43.3 Å². The van der Waals surface area contributed by atoms with Crippen molar-refractivity contribution in [2.45, 2.75) is 24.7 Å². The molecular weight excluding hydrogens is 412 g/mol. The van der Waals surface area contributed by atoms with Crippen LogP contribution in [0.2, 0.25) is 0 Å². The highest BCUT2D eigenvalue weighted by molar-refractivity contribution is 7.92. The number of nitrogens with one attached hydrogen (secondary N) is 2. The Labute approximate surface area is 183 Å². The molecule has 6 nitrogen and oxygen atoms in total. The molecule has 3 rings (SSSR count). The molecule has 0 unspecified atom stereocenters. The van der Waals surface area contributed by atoms with Gasteiger partial charge in [0.2, 0.25) is 0 Å². The average molecular weight is 439 g/mol. The van der Waals surface area contributed by atoms with E-state index in [4.69, 9.17) is 4.74 Å². The minimum Gasteiger partial charge on any atom is -0.496 e. The third-order valence-electron chi connectivity index (χ3n) is 4.90. The second-order valence-electron chi connectivity index (χ2n) is 7.12. The molecule has 31 heavy (non-hydrogen) atoms. The molecule has 162 valence electrons. The Morgan fingerprint density at radius 3 is 2.48 bits per heavy atom. The van der Waals surface area contributed by atoms with E-state index in [2.05, 4.69) is 10.0 Å². The third-order valence-corrected chi connectivity index (χ3v) is 6.26. The number of carbonyl (C=O) groups excluding carboxylic acids is 1. The Morgan fingerprint density at radius 1 is 0.968 bits per heavy atom. The van der Waals surface area contributed by atoms with E-state index in [1.54, 1.807) is 31.4 Å². The molecule has 0 aliphatic rings. The van der Waals surface area contributed by atoms with Crippen LogP contribution in [0.5, 0.6) is 5.75 Å². The van der Waals surface area contributed by atoms with Crippen LogP contribution in [0.1, 0.15) is 27.9 Å². The summed E-state index contributed by atoms with van der Waals surface area (Å²) in [5, 5.41) is 2.85. The van der Waals surface area contributed by atoms with Crippen molar-refractivity contribution >= 4 is 21.6 Å². The van der Waals surface area contributed by atoms with Crippen molar-refractivity contribution in [1.29, 1.82) is 0 Å². The summed E-state index contributed by atoms with van der Waals surface area (Å²) >= 11 is 0. The molecule has 0 spiro atoms. The first-order valence-corrected chi connectivity index (χ1v) is 11.5. The van der Waals surface area contributed by atoms with E-state index >= 15 is 0 Å². The van der Waals surface area contributed by atoms with Crippen LogP contribution in [0.15, 0.2) is 77.7 Å². The first kappa shape index (κ1) is 22.4. The van der Waals surface area contributed by atoms with Crippen LogP contribution in [-0.4, -0.2) is 28.0 Å². The van der Waals surface area contributed by atoms with Crippen molar-refractivity contribution in [3.05, 3.63) is 89.5 Å². The maximum atomic E-state index is 12.8. The van der Waals surface area contributed by atoms with Gasteiger partial charge in [0.1, 0.15) is 5.75 Å². The van der Waals surface area contributed by atoms with Gasteiger partial charge in [-0.05, 0) is 61.2 Å². The fraction of sp³-hybridized carbons (Fsp3) is 0.208. The summed E-state index contributed by atoms with van der Waals surface area (Å²) in [6.07, 6.45) is 1.50. The summed E-state index contributed by atoms with van der Waals surface area (Å²) in [5.41, 5.74) is 2.70. The number of rotatable bonds is 9. The fourth-order valence-electron chi connectivity index (χ4n) is 3.19. The second-order valence-corrected chi connectivity index (χ2v) is 8.80. The number of methoxy groups -OCH3 is 1. The number of anilines is 1. The van der Waals surface area contributed by atoms with Crippen molar-refractivity contribution in [2.75, 3.05) is 18.4 Å². The number of ether oxygens (including phenoxy) is 1. The number of para-hydroxylation sites is 2. The first-order chi connectivity index (χ1) is 14.9. The largest absolute Gasteiger partial charge is 0.496 e. The molecular formula is C24H26N2O4S. The molecule has 0 bridgehead atoms. The van der Waals surface area contributed by atoms with Crippen molar-refractivity contribution in [2.24, 2.45) is 0 Å². The molecule has 0 saturated heterocycles. The van der Waals surface area contributed by atoms with E-state index in [-0.39, 0.29) is 10.8 Å². The molecule has 0 radical (unpaired) electrons. The quantitative estimate of drug-likeness (QED) is 0.491. The summed E-state index contributed by atoms with van der Waals surface area (Å²) in [4.78, 5) is 12.6. The number of benzene rings is 3. The summed E-state index contributed by atoms with van der Waals surface area (Å²) in [6, 6.07) is 20.9. The van der Waals surface area contributed by atoms with Gasteiger partial charge < -0.3 is 10.1 Å². The van der Waals surface area contributed by atoms with Gasteiger partial charge in [-0.25, -0.2) is 8.42 Å². The SMILES string of the molecule is COc1ccccc1CCCNC(=O)c1cccc(S(=O)(=O)Nc2ccccc2C)c1. The molecule has 7 heteroatoms. The highest BCUT2D eigenvalue weighted by Gasteiger charge is 2.17. The van der Waals surface area contributed by atoms with Gasteiger partial charge in [-0.15, -0.1) is 0 Å². The van der Waals surface area contributed by atoms with E-state index in [9.17, 15) is 13.2 Å². The van der Waals surface area contributed by atoms with E-state index in [1.165, 1.54) is 12.1 Å². The van der Waals surface area contributed by atoms with Crippen LogP contribution in [0.4, 0.5) is 5.69 Å². The molecule has 0 heterocycles. The van der Waals surface area contributed by atoms with Gasteiger partial charge >= 0.3 is 0 Å². The van der Waals surface area contributed by atoms with Crippen LogP contribution < -0.4 is 14.8 Å². The Morgan fingerprint density at radius 2 is 1.71 bits per heavy atom. The highest BCUT2D eigenvalue weighted by Crippen LogP contribution is 2.20.